The van der Waals surface area contributed by atoms with E-state index in [0.29, 0.717) is 6.54 Å². The summed E-state index contributed by atoms with van der Waals surface area (Å²) < 4.78 is 28.4. The molecule has 2 amide bonds. The predicted molar refractivity (Wildman–Crippen MR) is 139 cm³/mol. The number of carbonyl (C=O) groups excluding carboxylic acids is 1. The number of carbonyl (C=O) groups is 1. The van der Waals surface area contributed by atoms with Gasteiger partial charge in [-0.3, -0.25) is 0 Å². The molecule has 0 spiro atoms. The standard InChI is InChI=1S/C28H31N3O3S/c32-28(30-27-24-15-7-13-22(24)17-23-14-8-16-25(23)27)31-35(33,34)19-26(21-11-5-2-6-12-21)29-18-20-9-3-1-4-10-20/h1-6,9-12,17,26,29H,7-8,13-16,18-19H2,(H2,30,31,32). The van der Waals surface area contributed by atoms with Crippen molar-refractivity contribution in [2.24, 2.45) is 0 Å². The highest BCUT2D eigenvalue weighted by molar-refractivity contribution is 7.90. The fraction of sp³-hybridized carbons (Fsp3) is 0.321. The first kappa shape index (κ1) is 23.6. The van der Waals surface area contributed by atoms with E-state index in [-0.39, 0.29) is 5.75 Å². The molecule has 0 bridgehead atoms. The lowest BCUT2D eigenvalue weighted by atomic mass is 9.99. The van der Waals surface area contributed by atoms with Crippen LogP contribution in [-0.4, -0.2) is 20.2 Å². The number of urea groups is 1. The molecular formula is C28H31N3O3S. The van der Waals surface area contributed by atoms with Gasteiger partial charge < -0.3 is 10.6 Å². The molecule has 35 heavy (non-hydrogen) atoms. The summed E-state index contributed by atoms with van der Waals surface area (Å²) in [5.41, 5.74) is 7.67. The summed E-state index contributed by atoms with van der Waals surface area (Å²) in [6, 6.07) is 20.4. The normalized spacial score (nSPS) is 15.3. The van der Waals surface area contributed by atoms with E-state index in [1.54, 1.807) is 0 Å². The second-order valence-electron chi connectivity index (χ2n) is 9.40. The fourth-order valence-corrected chi connectivity index (χ4v) is 6.47. The van der Waals surface area contributed by atoms with Crippen LogP contribution in [0.25, 0.3) is 0 Å². The first-order valence-corrected chi connectivity index (χ1v) is 13.9. The van der Waals surface area contributed by atoms with E-state index in [2.05, 4.69) is 21.4 Å². The maximum atomic E-state index is 13.1. The summed E-state index contributed by atoms with van der Waals surface area (Å²) >= 11 is 0. The average Bonchev–Trinajstić information content (AvgIpc) is 3.52. The highest BCUT2D eigenvalue weighted by atomic mass is 32.2. The molecule has 0 aromatic heterocycles. The van der Waals surface area contributed by atoms with E-state index in [0.717, 1.165) is 55.3 Å². The molecule has 2 aliphatic rings. The number of hydrogen-bond donors (Lipinski definition) is 3. The van der Waals surface area contributed by atoms with E-state index in [1.807, 2.05) is 60.7 Å². The Morgan fingerprint density at radius 1 is 0.829 bits per heavy atom. The quantitative estimate of drug-likeness (QED) is 0.430. The largest absolute Gasteiger partial charge is 0.332 e. The lowest BCUT2D eigenvalue weighted by Gasteiger charge is -2.20. The first-order valence-electron chi connectivity index (χ1n) is 12.3. The van der Waals surface area contributed by atoms with Gasteiger partial charge in [-0.15, -0.1) is 0 Å². The molecule has 182 valence electrons. The van der Waals surface area contributed by atoms with Crippen molar-refractivity contribution in [2.45, 2.75) is 51.1 Å². The third-order valence-corrected chi connectivity index (χ3v) is 8.21. The molecular weight excluding hydrogens is 458 g/mol. The number of amides is 2. The van der Waals surface area contributed by atoms with Crippen LogP contribution in [0.4, 0.5) is 10.5 Å². The number of hydrogen-bond acceptors (Lipinski definition) is 4. The van der Waals surface area contributed by atoms with Gasteiger partial charge in [0.25, 0.3) is 0 Å². The molecule has 7 heteroatoms. The van der Waals surface area contributed by atoms with E-state index < -0.39 is 22.1 Å². The van der Waals surface area contributed by atoms with Crippen molar-refractivity contribution in [2.75, 3.05) is 11.1 Å². The molecule has 3 aromatic rings. The highest BCUT2D eigenvalue weighted by Crippen LogP contribution is 2.38. The minimum Gasteiger partial charge on any atom is -0.307 e. The van der Waals surface area contributed by atoms with Gasteiger partial charge in [0.2, 0.25) is 10.0 Å². The van der Waals surface area contributed by atoms with Crippen LogP contribution in [0.2, 0.25) is 0 Å². The van der Waals surface area contributed by atoms with E-state index >= 15 is 0 Å². The van der Waals surface area contributed by atoms with E-state index in [1.165, 1.54) is 22.3 Å². The second-order valence-corrected chi connectivity index (χ2v) is 11.2. The molecule has 6 nitrogen and oxygen atoms in total. The van der Waals surface area contributed by atoms with Crippen molar-refractivity contribution in [1.29, 1.82) is 0 Å². The molecule has 0 saturated heterocycles. The Kier molecular flexibility index (Phi) is 6.88. The van der Waals surface area contributed by atoms with Gasteiger partial charge >= 0.3 is 6.03 Å². The molecule has 0 aliphatic heterocycles. The van der Waals surface area contributed by atoms with Crippen molar-refractivity contribution in [1.82, 2.24) is 10.0 Å². The lowest BCUT2D eigenvalue weighted by molar-refractivity contribution is 0.256. The molecule has 0 saturated carbocycles. The van der Waals surface area contributed by atoms with Crippen molar-refractivity contribution >= 4 is 21.7 Å². The number of nitrogens with one attached hydrogen (secondary N) is 3. The van der Waals surface area contributed by atoms with Crippen LogP contribution >= 0.6 is 0 Å². The van der Waals surface area contributed by atoms with Gasteiger partial charge in [0, 0.05) is 18.3 Å². The summed E-state index contributed by atoms with van der Waals surface area (Å²) in [7, 11) is -3.91. The lowest BCUT2D eigenvalue weighted by Crippen LogP contribution is -2.40. The minimum absolute atomic E-state index is 0.248. The zero-order valence-corrected chi connectivity index (χ0v) is 20.5. The maximum absolute atomic E-state index is 13.1. The molecule has 1 atom stereocenters. The molecule has 0 radical (unpaired) electrons. The first-order chi connectivity index (χ1) is 17.0. The molecule has 1 unspecified atom stereocenters. The Hall–Kier alpha value is -3.16. The summed E-state index contributed by atoms with van der Waals surface area (Å²) in [4.78, 5) is 12.9. The van der Waals surface area contributed by atoms with Crippen LogP contribution in [0, 0.1) is 0 Å². The highest BCUT2D eigenvalue weighted by Gasteiger charge is 2.27. The van der Waals surface area contributed by atoms with E-state index in [9.17, 15) is 13.2 Å². The van der Waals surface area contributed by atoms with Crippen LogP contribution in [-0.2, 0) is 42.3 Å². The zero-order chi connectivity index (χ0) is 24.3. The van der Waals surface area contributed by atoms with Crippen LogP contribution in [0.1, 0.15) is 52.3 Å². The van der Waals surface area contributed by atoms with Gasteiger partial charge in [-0.05, 0) is 71.9 Å². The van der Waals surface area contributed by atoms with Crippen LogP contribution in [0.5, 0.6) is 0 Å². The van der Waals surface area contributed by atoms with E-state index in [4.69, 9.17) is 0 Å². The monoisotopic (exact) mass is 489 g/mol. The third kappa shape index (κ3) is 5.57. The van der Waals surface area contributed by atoms with Crippen LogP contribution < -0.4 is 15.4 Å². The van der Waals surface area contributed by atoms with Gasteiger partial charge in [0.15, 0.2) is 0 Å². The molecule has 0 heterocycles. The summed E-state index contributed by atoms with van der Waals surface area (Å²) in [5, 5.41) is 6.27. The Bertz CT molecular complexity index is 1280. The van der Waals surface area contributed by atoms with Crippen LogP contribution in [0.15, 0.2) is 66.7 Å². The second kappa shape index (κ2) is 10.2. The third-order valence-electron chi connectivity index (χ3n) is 6.94. The number of fused-ring (bicyclic) bond motifs is 2. The fourth-order valence-electron chi connectivity index (χ4n) is 5.30. The van der Waals surface area contributed by atoms with Gasteiger partial charge in [-0.2, -0.15) is 0 Å². The van der Waals surface area contributed by atoms with Crippen molar-refractivity contribution in [3.05, 3.63) is 100 Å². The number of aryl methyl sites for hydroxylation is 2. The number of benzene rings is 3. The Morgan fingerprint density at radius 2 is 1.43 bits per heavy atom. The molecule has 0 fully saturated rings. The predicted octanol–water partition coefficient (Wildman–Crippen LogP) is 4.65. The van der Waals surface area contributed by atoms with Gasteiger partial charge in [-0.1, -0.05) is 66.7 Å². The number of sulfonamides is 1. The van der Waals surface area contributed by atoms with Crippen molar-refractivity contribution in [3.8, 4) is 0 Å². The molecule has 3 N–H and O–H groups in total. The van der Waals surface area contributed by atoms with Gasteiger partial charge in [0.05, 0.1) is 5.75 Å². The summed E-state index contributed by atoms with van der Waals surface area (Å²) in [6.45, 7) is 0.518. The zero-order valence-electron chi connectivity index (χ0n) is 19.7. The van der Waals surface area contributed by atoms with Crippen molar-refractivity contribution < 1.29 is 13.2 Å². The summed E-state index contributed by atoms with van der Waals surface area (Å²) in [6.07, 6.45) is 6.01. The maximum Gasteiger partial charge on any atom is 0.332 e. The van der Waals surface area contributed by atoms with Crippen molar-refractivity contribution in [3.63, 3.8) is 0 Å². The van der Waals surface area contributed by atoms with Crippen LogP contribution in [0.3, 0.4) is 0 Å². The molecule has 5 rings (SSSR count). The average molecular weight is 490 g/mol. The Labute approximate surface area is 207 Å². The SMILES string of the molecule is O=C(Nc1c2c(cc3c1CCC3)CCC2)NS(=O)(=O)CC(NCc1ccccc1)c1ccccc1. The Morgan fingerprint density at radius 3 is 2.06 bits per heavy atom. The molecule has 2 aliphatic carbocycles. The smallest absolute Gasteiger partial charge is 0.307 e. The Balaban J connectivity index is 1.30. The minimum atomic E-state index is -3.91. The summed E-state index contributed by atoms with van der Waals surface area (Å²) in [5.74, 6) is -0.248. The number of rotatable bonds is 8. The number of anilines is 1. The van der Waals surface area contributed by atoms with Gasteiger partial charge in [-0.25, -0.2) is 17.9 Å². The topological polar surface area (TPSA) is 87.3 Å². The van der Waals surface area contributed by atoms with Gasteiger partial charge in [0.1, 0.15) is 0 Å². The molecule has 3 aromatic carbocycles.